The van der Waals surface area contributed by atoms with Gasteiger partial charge in [0.1, 0.15) is 16.5 Å². The SMILES string of the molecule is Cc1ccc(-c2nc(C(=O)N3CCN(c4ccccn4)CC3)cs2)cc1. The molecule has 5 nitrogen and oxygen atoms in total. The van der Waals surface area contributed by atoms with Gasteiger partial charge in [-0.15, -0.1) is 11.3 Å². The van der Waals surface area contributed by atoms with E-state index in [4.69, 9.17) is 0 Å². The number of aryl methyl sites for hydroxylation is 1. The number of piperazine rings is 1. The average molecular weight is 364 g/mol. The molecule has 0 radical (unpaired) electrons. The lowest BCUT2D eigenvalue weighted by Crippen LogP contribution is -2.49. The van der Waals surface area contributed by atoms with Crippen LogP contribution in [0.3, 0.4) is 0 Å². The number of nitrogens with zero attached hydrogens (tertiary/aromatic N) is 4. The number of anilines is 1. The summed E-state index contributed by atoms with van der Waals surface area (Å²) in [6, 6.07) is 14.1. The van der Waals surface area contributed by atoms with Crippen molar-refractivity contribution in [2.75, 3.05) is 31.1 Å². The third kappa shape index (κ3) is 3.46. The summed E-state index contributed by atoms with van der Waals surface area (Å²) in [7, 11) is 0. The predicted molar refractivity (Wildman–Crippen MR) is 105 cm³/mol. The quantitative estimate of drug-likeness (QED) is 0.714. The highest BCUT2D eigenvalue weighted by Gasteiger charge is 2.24. The average Bonchev–Trinajstić information content (AvgIpc) is 3.19. The van der Waals surface area contributed by atoms with Gasteiger partial charge in [-0.05, 0) is 19.1 Å². The maximum absolute atomic E-state index is 12.8. The van der Waals surface area contributed by atoms with Gasteiger partial charge in [-0.3, -0.25) is 4.79 Å². The van der Waals surface area contributed by atoms with Crippen LogP contribution in [0.4, 0.5) is 5.82 Å². The Kier molecular flexibility index (Phi) is 4.67. The van der Waals surface area contributed by atoms with E-state index in [1.807, 2.05) is 40.6 Å². The van der Waals surface area contributed by atoms with Gasteiger partial charge in [0.05, 0.1) is 0 Å². The van der Waals surface area contributed by atoms with E-state index in [9.17, 15) is 4.79 Å². The van der Waals surface area contributed by atoms with Crippen molar-refractivity contribution in [3.8, 4) is 10.6 Å². The highest BCUT2D eigenvalue weighted by atomic mass is 32.1. The molecule has 26 heavy (non-hydrogen) atoms. The zero-order chi connectivity index (χ0) is 17.9. The second kappa shape index (κ2) is 7.25. The molecule has 0 N–H and O–H groups in total. The maximum atomic E-state index is 12.8. The van der Waals surface area contributed by atoms with Gasteiger partial charge in [-0.25, -0.2) is 9.97 Å². The van der Waals surface area contributed by atoms with Crippen LogP contribution in [-0.4, -0.2) is 47.0 Å². The normalized spacial score (nSPS) is 14.5. The lowest BCUT2D eigenvalue weighted by molar-refractivity contribution is 0.0741. The number of carbonyl (C=O) groups is 1. The number of benzene rings is 1. The van der Waals surface area contributed by atoms with E-state index in [-0.39, 0.29) is 5.91 Å². The van der Waals surface area contributed by atoms with Crippen LogP contribution < -0.4 is 4.90 Å². The molecule has 0 unspecified atom stereocenters. The minimum absolute atomic E-state index is 0.0142. The first kappa shape index (κ1) is 16.7. The highest BCUT2D eigenvalue weighted by molar-refractivity contribution is 7.13. The summed E-state index contributed by atoms with van der Waals surface area (Å²) >= 11 is 1.52. The molecule has 1 aliphatic rings. The Labute approximate surface area is 156 Å². The van der Waals surface area contributed by atoms with E-state index in [1.165, 1.54) is 16.9 Å². The van der Waals surface area contributed by atoms with Crippen molar-refractivity contribution < 1.29 is 4.79 Å². The lowest BCUT2D eigenvalue weighted by Gasteiger charge is -2.35. The largest absolute Gasteiger partial charge is 0.353 e. The fourth-order valence-electron chi connectivity index (χ4n) is 3.04. The summed E-state index contributed by atoms with van der Waals surface area (Å²) in [6.45, 7) is 5.01. The minimum Gasteiger partial charge on any atom is -0.353 e. The monoisotopic (exact) mass is 364 g/mol. The smallest absolute Gasteiger partial charge is 0.273 e. The Hall–Kier alpha value is -2.73. The molecule has 0 atom stereocenters. The molecule has 0 bridgehead atoms. The molecule has 1 saturated heterocycles. The Morgan fingerprint density at radius 3 is 2.50 bits per heavy atom. The fourth-order valence-corrected chi connectivity index (χ4v) is 3.84. The molecule has 2 aromatic heterocycles. The van der Waals surface area contributed by atoms with Crippen LogP contribution in [-0.2, 0) is 0 Å². The van der Waals surface area contributed by atoms with Crippen molar-refractivity contribution in [3.63, 3.8) is 0 Å². The molecule has 1 fully saturated rings. The minimum atomic E-state index is 0.0142. The Morgan fingerprint density at radius 2 is 1.81 bits per heavy atom. The van der Waals surface area contributed by atoms with Crippen molar-refractivity contribution in [3.05, 3.63) is 65.3 Å². The van der Waals surface area contributed by atoms with Crippen molar-refractivity contribution >= 4 is 23.1 Å². The second-order valence-corrected chi connectivity index (χ2v) is 7.23. The van der Waals surface area contributed by atoms with Gasteiger partial charge in [-0.2, -0.15) is 0 Å². The van der Waals surface area contributed by atoms with Gasteiger partial charge in [-0.1, -0.05) is 35.9 Å². The molecule has 1 aliphatic heterocycles. The molecular formula is C20H20N4OS. The van der Waals surface area contributed by atoms with Crippen LogP contribution in [0.5, 0.6) is 0 Å². The van der Waals surface area contributed by atoms with Crippen LogP contribution in [0.25, 0.3) is 10.6 Å². The number of carbonyl (C=O) groups excluding carboxylic acids is 1. The molecule has 6 heteroatoms. The molecule has 0 aliphatic carbocycles. The van der Waals surface area contributed by atoms with Crippen molar-refractivity contribution in [1.29, 1.82) is 0 Å². The van der Waals surface area contributed by atoms with E-state index < -0.39 is 0 Å². The molecule has 0 saturated carbocycles. The number of hydrogen-bond acceptors (Lipinski definition) is 5. The standard InChI is InChI=1S/C20H20N4OS/c1-15-5-7-16(8-6-15)19-22-17(14-26-19)20(25)24-12-10-23(11-13-24)18-4-2-3-9-21-18/h2-9,14H,10-13H2,1H3. The Bertz CT molecular complexity index is 884. The first-order valence-electron chi connectivity index (χ1n) is 8.68. The molecular weight excluding hydrogens is 344 g/mol. The first-order chi connectivity index (χ1) is 12.7. The third-order valence-electron chi connectivity index (χ3n) is 4.56. The van der Waals surface area contributed by atoms with Crippen LogP contribution >= 0.6 is 11.3 Å². The van der Waals surface area contributed by atoms with Gasteiger partial charge in [0, 0.05) is 43.3 Å². The van der Waals surface area contributed by atoms with Crippen LogP contribution in [0.2, 0.25) is 0 Å². The molecule has 1 aromatic carbocycles. The van der Waals surface area contributed by atoms with E-state index in [0.29, 0.717) is 18.8 Å². The Balaban J connectivity index is 1.42. The summed E-state index contributed by atoms with van der Waals surface area (Å²) < 4.78 is 0. The first-order valence-corrected chi connectivity index (χ1v) is 9.56. The van der Waals surface area contributed by atoms with Gasteiger partial charge >= 0.3 is 0 Å². The van der Waals surface area contributed by atoms with Crippen molar-refractivity contribution in [2.45, 2.75) is 6.92 Å². The number of rotatable bonds is 3. The highest BCUT2D eigenvalue weighted by Crippen LogP contribution is 2.25. The van der Waals surface area contributed by atoms with E-state index in [2.05, 4.69) is 33.9 Å². The number of aromatic nitrogens is 2. The lowest BCUT2D eigenvalue weighted by atomic mass is 10.2. The second-order valence-electron chi connectivity index (χ2n) is 6.37. The number of thiazole rings is 1. The molecule has 3 heterocycles. The topological polar surface area (TPSA) is 49.3 Å². The maximum Gasteiger partial charge on any atom is 0.273 e. The number of amides is 1. The summed E-state index contributed by atoms with van der Waals surface area (Å²) in [6.07, 6.45) is 1.80. The molecule has 4 rings (SSSR count). The van der Waals surface area contributed by atoms with Crippen molar-refractivity contribution in [2.24, 2.45) is 0 Å². The van der Waals surface area contributed by atoms with Gasteiger partial charge in [0.2, 0.25) is 0 Å². The van der Waals surface area contributed by atoms with Gasteiger partial charge in [0.15, 0.2) is 0 Å². The summed E-state index contributed by atoms with van der Waals surface area (Å²) in [4.78, 5) is 25.8. The fraction of sp³-hybridized carbons (Fsp3) is 0.250. The summed E-state index contributed by atoms with van der Waals surface area (Å²) in [5.41, 5.74) is 2.81. The number of hydrogen-bond donors (Lipinski definition) is 0. The number of pyridine rings is 1. The van der Waals surface area contributed by atoms with E-state index >= 15 is 0 Å². The van der Waals surface area contributed by atoms with Crippen LogP contribution in [0.1, 0.15) is 16.1 Å². The van der Waals surface area contributed by atoms with E-state index in [0.717, 1.165) is 29.5 Å². The molecule has 0 spiro atoms. The van der Waals surface area contributed by atoms with Crippen LogP contribution in [0.15, 0.2) is 54.0 Å². The Morgan fingerprint density at radius 1 is 1.04 bits per heavy atom. The van der Waals surface area contributed by atoms with Crippen molar-refractivity contribution in [1.82, 2.24) is 14.9 Å². The third-order valence-corrected chi connectivity index (χ3v) is 5.45. The van der Waals surface area contributed by atoms with Gasteiger partial charge in [0.25, 0.3) is 5.91 Å². The predicted octanol–water partition coefficient (Wildman–Crippen LogP) is 3.48. The van der Waals surface area contributed by atoms with E-state index in [1.54, 1.807) is 6.20 Å². The zero-order valence-electron chi connectivity index (χ0n) is 14.6. The zero-order valence-corrected chi connectivity index (χ0v) is 15.4. The molecule has 132 valence electrons. The summed E-state index contributed by atoms with van der Waals surface area (Å²) in [5, 5.41) is 2.75. The molecule has 1 amide bonds. The van der Waals surface area contributed by atoms with Gasteiger partial charge < -0.3 is 9.80 Å². The molecule has 3 aromatic rings. The summed E-state index contributed by atoms with van der Waals surface area (Å²) in [5.74, 6) is 0.982. The van der Waals surface area contributed by atoms with Crippen LogP contribution in [0, 0.1) is 6.92 Å².